The smallest absolute Gasteiger partial charge is 0.343 e. The molecule has 0 spiro atoms. The topological polar surface area (TPSA) is 130 Å². The first-order valence-corrected chi connectivity index (χ1v) is 13.0. The Morgan fingerprint density at radius 1 is 0.878 bits per heavy atom. The van der Waals surface area contributed by atoms with Crippen molar-refractivity contribution in [3.8, 4) is 28.7 Å². The number of urea groups is 1. The lowest BCUT2D eigenvalue weighted by atomic mass is 10.1. The van der Waals surface area contributed by atoms with Crippen LogP contribution in [0, 0.1) is 0 Å². The van der Waals surface area contributed by atoms with Crippen LogP contribution in [0.1, 0.15) is 22.8 Å². The van der Waals surface area contributed by atoms with Crippen LogP contribution in [0.25, 0.3) is 6.08 Å². The average molecular weight is 625 g/mol. The van der Waals surface area contributed by atoms with Gasteiger partial charge in [-0.05, 0) is 67.1 Å². The van der Waals surface area contributed by atoms with Gasteiger partial charge in [-0.3, -0.25) is 14.9 Å². The van der Waals surface area contributed by atoms with Crippen LogP contribution in [0.3, 0.4) is 0 Å². The van der Waals surface area contributed by atoms with Gasteiger partial charge in [-0.25, -0.2) is 14.5 Å². The van der Waals surface area contributed by atoms with Crippen molar-refractivity contribution in [3.63, 3.8) is 0 Å². The second kappa shape index (κ2) is 12.6. The predicted molar refractivity (Wildman–Crippen MR) is 152 cm³/mol. The number of anilines is 1. The van der Waals surface area contributed by atoms with E-state index in [2.05, 4.69) is 21.2 Å². The maximum atomic E-state index is 13.2. The normalized spacial score (nSPS) is 14.0. The van der Waals surface area contributed by atoms with Gasteiger partial charge in [0.15, 0.2) is 23.0 Å². The first-order chi connectivity index (χ1) is 19.7. The van der Waals surface area contributed by atoms with Gasteiger partial charge in [-0.15, -0.1) is 0 Å². The van der Waals surface area contributed by atoms with E-state index in [1.807, 2.05) is 0 Å². The Bertz CT molecular complexity index is 1530. The number of imide groups is 2. The number of benzene rings is 3. The van der Waals surface area contributed by atoms with Crippen LogP contribution in [-0.2, 0) is 9.59 Å². The van der Waals surface area contributed by atoms with E-state index in [4.69, 9.17) is 23.7 Å². The lowest BCUT2D eigenvalue weighted by molar-refractivity contribution is -0.122. The monoisotopic (exact) mass is 624 g/mol. The summed E-state index contributed by atoms with van der Waals surface area (Å²) in [5.74, 6) is -1.21. The van der Waals surface area contributed by atoms with Crippen molar-refractivity contribution in [3.05, 3.63) is 75.8 Å². The third-order valence-corrected chi connectivity index (χ3v) is 6.40. The minimum absolute atomic E-state index is 0.0961. The molecule has 4 amide bonds. The van der Waals surface area contributed by atoms with Crippen molar-refractivity contribution in [2.24, 2.45) is 0 Å². The zero-order valence-electron chi connectivity index (χ0n) is 22.5. The van der Waals surface area contributed by atoms with E-state index in [0.717, 1.165) is 9.37 Å². The third kappa shape index (κ3) is 6.17. The van der Waals surface area contributed by atoms with Crippen molar-refractivity contribution >= 4 is 51.5 Å². The molecule has 41 heavy (non-hydrogen) atoms. The van der Waals surface area contributed by atoms with Crippen LogP contribution < -0.4 is 33.9 Å². The van der Waals surface area contributed by atoms with E-state index >= 15 is 0 Å². The highest BCUT2D eigenvalue weighted by Gasteiger charge is 2.36. The third-order valence-electron chi connectivity index (χ3n) is 5.87. The van der Waals surface area contributed by atoms with Crippen molar-refractivity contribution < 1.29 is 42.9 Å². The highest BCUT2D eigenvalue weighted by molar-refractivity contribution is 9.10. The van der Waals surface area contributed by atoms with Gasteiger partial charge in [0.05, 0.1) is 39.2 Å². The molecule has 0 radical (unpaired) electrons. The molecule has 1 heterocycles. The molecular formula is C29H25BrN2O9. The second-order valence-corrected chi connectivity index (χ2v) is 9.29. The molecule has 11 nitrogen and oxygen atoms in total. The van der Waals surface area contributed by atoms with Crippen LogP contribution in [0.2, 0.25) is 0 Å². The fraction of sp³-hybridized carbons (Fsp3) is 0.172. The quantitative estimate of drug-likeness (QED) is 0.155. The Morgan fingerprint density at radius 3 is 2.12 bits per heavy atom. The fourth-order valence-electron chi connectivity index (χ4n) is 3.97. The van der Waals surface area contributed by atoms with Gasteiger partial charge in [-0.2, -0.15) is 0 Å². The van der Waals surface area contributed by atoms with Crippen molar-refractivity contribution in [1.82, 2.24) is 5.32 Å². The Labute approximate surface area is 243 Å². The zero-order valence-corrected chi connectivity index (χ0v) is 24.1. The molecule has 3 aromatic carbocycles. The van der Waals surface area contributed by atoms with E-state index in [9.17, 15) is 19.2 Å². The highest BCUT2D eigenvalue weighted by atomic mass is 79.9. The summed E-state index contributed by atoms with van der Waals surface area (Å²) < 4.78 is 27.9. The summed E-state index contributed by atoms with van der Waals surface area (Å²) in [4.78, 5) is 52.2. The number of halogens is 1. The molecule has 212 valence electrons. The van der Waals surface area contributed by atoms with Crippen LogP contribution in [0.4, 0.5) is 10.5 Å². The van der Waals surface area contributed by atoms with Gasteiger partial charge < -0.3 is 23.7 Å². The van der Waals surface area contributed by atoms with Gasteiger partial charge in [0.2, 0.25) is 5.75 Å². The summed E-state index contributed by atoms with van der Waals surface area (Å²) in [5.41, 5.74) is 0.551. The molecular weight excluding hydrogens is 600 g/mol. The predicted octanol–water partition coefficient (Wildman–Crippen LogP) is 4.76. The van der Waals surface area contributed by atoms with Crippen molar-refractivity contribution in [2.45, 2.75) is 6.92 Å². The van der Waals surface area contributed by atoms with Crippen LogP contribution >= 0.6 is 15.9 Å². The highest BCUT2D eigenvalue weighted by Crippen LogP contribution is 2.39. The van der Waals surface area contributed by atoms with E-state index in [1.165, 1.54) is 57.7 Å². The minimum atomic E-state index is -0.858. The second-order valence-electron chi connectivity index (χ2n) is 8.38. The van der Waals surface area contributed by atoms with Crippen molar-refractivity contribution in [2.75, 3.05) is 32.8 Å². The standard InChI is InChI=1S/C29H25BrN2O9/c1-5-40-22-13-16(12-20-26(33)31-29(36)32(27(20)34)19-9-7-18(30)8-10-19)6-11-21(22)41-28(35)17-14-23(37-2)25(39-4)24(15-17)38-3/h6-15H,5H2,1-4H3,(H,31,33,36)/b20-12+. The lowest BCUT2D eigenvalue weighted by Gasteiger charge is -2.26. The number of esters is 1. The van der Waals surface area contributed by atoms with E-state index < -0.39 is 23.8 Å². The molecule has 12 heteroatoms. The number of carbonyl (C=O) groups excluding carboxylic acids is 4. The molecule has 0 saturated carbocycles. The van der Waals surface area contributed by atoms with E-state index in [-0.39, 0.29) is 46.4 Å². The molecule has 0 aromatic heterocycles. The average Bonchev–Trinajstić information content (AvgIpc) is 2.96. The first-order valence-electron chi connectivity index (χ1n) is 12.2. The molecule has 4 rings (SSSR count). The maximum Gasteiger partial charge on any atom is 0.343 e. The first kappa shape index (κ1) is 29.2. The SMILES string of the molecule is CCOc1cc(/C=C2\C(=O)NC(=O)N(c3ccc(Br)cc3)C2=O)ccc1OC(=O)c1cc(OC)c(OC)c(OC)c1. The van der Waals surface area contributed by atoms with Crippen LogP contribution in [0.15, 0.2) is 64.6 Å². The van der Waals surface area contributed by atoms with E-state index in [1.54, 1.807) is 31.2 Å². The molecule has 0 atom stereocenters. The molecule has 1 aliphatic heterocycles. The van der Waals surface area contributed by atoms with Gasteiger partial charge >= 0.3 is 12.0 Å². The summed E-state index contributed by atoms with van der Waals surface area (Å²) in [6.45, 7) is 1.98. The fourth-order valence-corrected chi connectivity index (χ4v) is 4.24. The molecule has 1 aliphatic rings. The molecule has 3 aromatic rings. The Morgan fingerprint density at radius 2 is 1.54 bits per heavy atom. The lowest BCUT2D eigenvalue weighted by Crippen LogP contribution is -2.54. The summed E-state index contributed by atoms with van der Waals surface area (Å²) in [6, 6.07) is 13.0. The summed E-state index contributed by atoms with van der Waals surface area (Å²) in [5, 5.41) is 2.18. The summed E-state index contributed by atoms with van der Waals surface area (Å²) in [7, 11) is 4.31. The maximum absolute atomic E-state index is 13.2. The number of amides is 4. The number of barbiturate groups is 1. The summed E-state index contributed by atoms with van der Waals surface area (Å²) >= 11 is 3.31. The van der Waals surface area contributed by atoms with Gasteiger partial charge in [0, 0.05) is 4.47 Å². The molecule has 1 fully saturated rings. The Balaban J connectivity index is 1.64. The zero-order chi connectivity index (χ0) is 29.7. The van der Waals surface area contributed by atoms with Gasteiger partial charge in [0.1, 0.15) is 5.57 Å². The number of carbonyl (C=O) groups is 4. The Hall–Kier alpha value is -4.84. The molecule has 0 aliphatic carbocycles. The molecule has 0 bridgehead atoms. The number of hydrogen-bond acceptors (Lipinski definition) is 9. The number of nitrogens with one attached hydrogen (secondary N) is 1. The number of ether oxygens (including phenoxy) is 5. The number of rotatable bonds is 9. The molecule has 1 saturated heterocycles. The molecule has 0 unspecified atom stereocenters. The van der Waals surface area contributed by atoms with Crippen molar-refractivity contribution in [1.29, 1.82) is 0 Å². The molecule has 1 N–H and O–H groups in total. The number of nitrogens with zero attached hydrogens (tertiary/aromatic N) is 1. The van der Waals surface area contributed by atoms with E-state index in [0.29, 0.717) is 11.3 Å². The largest absolute Gasteiger partial charge is 0.493 e. The number of hydrogen-bond donors (Lipinski definition) is 1. The van der Waals surface area contributed by atoms with Crippen LogP contribution in [0.5, 0.6) is 28.7 Å². The number of methoxy groups -OCH3 is 3. The van der Waals surface area contributed by atoms with Gasteiger partial charge in [-0.1, -0.05) is 22.0 Å². The van der Waals surface area contributed by atoms with Crippen LogP contribution in [-0.4, -0.2) is 51.8 Å². The summed E-state index contributed by atoms with van der Waals surface area (Å²) in [6.07, 6.45) is 1.32. The minimum Gasteiger partial charge on any atom is -0.493 e. The van der Waals surface area contributed by atoms with Gasteiger partial charge in [0.25, 0.3) is 11.8 Å². The Kier molecular flexibility index (Phi) is 8.93.